The molecule has 198 valence electrons. The molecule has 1 aliphatic rings. The molecule has 4 rings (SSSR count). The normalized spacial score (nSPS) is 15.5. The minimum Gasteiger partial charge on any atom is -0.383 e. The van der Waals surface area contributed by atoms with E-state index in [-0.39, 0.29) is 23.2 Å². The molecule has 1 aliphatic heterocycles. The van der Waals surface area contributed by atoms with Crippen LogP contribution in [0.1, 0.15) is 47.1 Å². The summed E-state index contributed by atoms with van der Waals surface area (Å²) in [6.45, 7) is 2.79. The number of pyridine rings is 1. The number of hydrogen-bond donors (Lipinski definition) is 2. The molecule has 0 spiro atoms. The summed E-state index contributed by atoms with van der Waals surface area (Å²) in [6, 6.07) is 6.53. The molecule has 2 N–H and O–H groups in total. The fourth-order valence-electron chi connectivity index (χ4n) is 4.41. The highest BCUT2D eigenvalue weighted by atomic mass is 35.5. The third kappa shape index (κ3) is 6.65. The molecule has 1 unspecified atom stereocenters. The average Bonchev–Trinajstić information content (AvgIpc) is 2.89. The highest BCUT2D eigenvalue weighted by Crippen LogP contribution is 2.29. The molecule has 37 heavy (non-hydrogen) atoms. The zero-order valence-corrected chi connectivity index (χ0v) is 21.1. The first-order valence-electron chi connectivity index (χ1n) is 12.0. The molecule has 0 saturated carbocycles. The monoisotopic (exact) mass is 536 g/mol. The quantitative estimate of drug-likeness (QED) is 0.383. The minimum absolute atomic E-state index is 0.157. The molecule has 1 saturated heterocycles. The predicted octanol–water partition coefficient (Wildman–Crippen LogP) is 4.71. The van der Waals surface area contributed by atoms with Crippen LogP contribution in [0.4, 0.5) is 19.0 Å². The molecule has 1 atom stereocenters. The largest absolute Gasteiger partial charge is 0.451 e. The van der Waals surface area contributed by atoms with Crippen LogP contribution in [0.3, 0.4) is 0 Å². The van der Waals surface area contributed by atoms with E-state index in [1.54, 1.807) is 31.4 Å². The minimum atomic E-state index is -4.62. The fraction of sp³-hybridized carbons (Fsp3) is 0.440. The van der Waals surface area contributed by atoms with Crippen molar-refractivity contribution in [2.75, 3.05) is 45.2 Å². The Hall–Kier alpha value is -3.02. The summed E-state index contributed by atoms with van der Waals surface area (Å²) in [5.74, 6) is -0.943. The maximum Gasteiger partial charge on any atom is 0.451 e. The molecule has 1 fully saturated rings. The first-order chi connectivity index (χ1) is 17.8. The van der Waals surface area contributed by atoms with Gasteiger partial charge in [0.25, 0.3) is 5.91 Å². The van der Waals surface area contributed by atoms with Gasteiger partial charge in [0.2, 0.25) is 5.82 Å². The fourth-order valence-corrected chi connectivity index (χ4v) is 4.66. The lowest BCUT2D eigenvalue weighted by molar-refractivity contribution is -0.145. The molecule has 12 heteroatoms. The van der Waals surface area contributed by atoms with Gasteiger partial charge in [-0.2, -0.15) is 13.2 Å². The topological polar surface area (TPSA) is 92.3 Å². The Labute approximate surface area is 217 Å². The number of benzene rings is 1. The Morgan fingerprint density at radius 1 is 1.14 bits per heavy atom. The molecule has 2 aromatic heterocycles. The lowest BCUT2D eigenvalue weighted by Crippen LogP contribution is -2.41. The summed E-state index contributed by atoms with van der Waals surface area (Å²) in [4.78, 5) is 27.1. The number of methoxy groups -OCH3 is 1. The molecular weight excluding hydrogens is 509 g/mol. The number of anilines is 1. The van der Waals surface area contributed by atoms with Crippen molar-refractivity contribution in [3.05, 3.63) is 58.6 Å². The van der Waals surface area contributed by atoms with Gasteiger partial charge in [-0.1, -0.05) is 18.0 Å². The van der Waals surface area contributed by atoms with Crippen LogP contribution in [0.2, 0.25) is 5.02 Å². The van der Waals surface area contributed by atoms with Crippen LogP contribution in [0, 0.1) is 0 Å². The van der Waals surface area contributed by atoms with Gasteiger partial charge >= 0.3 is 6.18 Å². The van der Waals surface area contributed by atoms with E-state index in [9.17, 15) is 18.0 Å². The van der Waals surface area contributed by atoms with E-state index in [4.69, 9.17) is 16.3 Å². The van der Waals surface area contributed by atoms with E-state index in [2.05, 4.69) is 30.5 Å². The number of hydrogen-bond acceptors (Lipinski definition) is 7. The number of piperidine rings is 1. The van der Waals surface area contributed by atoms with Crippen molar-refractivity contribution in [3.8, 4) is 0 Å². The molecule has 3 heterocycles. The second-order valence-corrected chi connectivity index (χ2v) is 9.17. The van der Waals surface area contributed by atoms with Crippen molar-refractivity contribution in [2.24, 2.45) is 0 Å². The van der Waals surface area contributed by atoms with Crippen LogP contribution < -0.4 is 10.6 Å². The number of carbonyl (C=O) groups is 1. The van der Waals surface area contributed by atoms with E-state index < -0.39 is 17.9 Å². The summed E-state index contributed by atoms with van der Waals surface area (Å²) in [5, 5.41) is 6.95. The average molecular weight is 537 g/mol. The van der Waals surface area contributed by atoms with E-state index in [1.807, 2.05) is 0 Å². The van der Waals surface area contributed by atoms with Gasteiger partial charge in [0.15, 0.2) is 0 Å². The van der Waals surface area contributed by atoms with E-state index in [1.165, 1.54) is 12.4 Å². The molecular formula is C25H28ClF3N6O2. The number of nitrogens with zero attached hydrogens (tertiary/aromatic N) is 4. The SMILES string of the molecule is COCCNc1ccc2c(C(=O)NCC(c3cnc(C(F)(F)F)nc3)N3CCCCC3)c(Cl)ccc2n1. The number of ether oxygens (including phenoxy) is 1. The number of halogens is 4. The van der Waals surface area contributed by atoms with Crippen LogP contribution >= 0.6 is 11.6 Å². The van der Waals surface area contributed by atoms with Gasteiger partial charge in [-0.05, 0) is 50.2 Å². The summed E-state index contributed by atoms with van der Waals surface area (Å²) in [6.07, 6.45) is 0.773. The zero-order chi connectivity index (χ0) is 26.4. The van der Waals surface area contributed by atoms with Crippen molar-refractivity contribution in [1.29, 1.82) is 0 Å². The Morgan fingerprint density at radius 3 is 2.54 bits per heavy atom. The van der Waals surface area contributed by atoms with Gasteiger partial charge in [-0.3, -0.25) is 9.69 Å². The van der Waals surface area contributed by atoms with Crippen molar-refractivity contribution < 1.29 is 22.7 Å². The van der Waals surface area contributed by atoms with Crippen LogP contribution in [-0.4, -0.2) is 65.7 Å². The van der Waals surface area contributed by atoms with Gasteiger partial charge in [-0.15, -0.1) is 0 Å². The van der Waals surface area contributed by atoms with E-state index >= 15 is 0 Å². The maximum atomic E-state index is 13.3. The molecule has 1 amide bonds. The van der Waals surface area contributed by atoms with Gasteiger partial charge in [0, 0.05) is 43.5 Å². The number of fused-ring (bicyclic) bond motifs is 1. The van der Waals surface area contributed by atoms with Crippen LogP contribution in [0.25, 0.3) is 10.9 Å². The molecule has 8 nitrogen and oxygen atoms in total. The Balaban J connectivity index is 1.55. The van der Waals surface area contributed by atoms with Gasteiger partial charge in [-0.25, -0.2) is 15.0 Å². The lowest BCUT2D eigenvalue weighted by Gasteiger charge is -2.34. The van der Waals surface area contributed by atoms with Crippen LogP contribution in [-0.2, 0) is 10.9 Å². The first kappa shape index (κ1) is 27.0. The Kier molecular flexibility index (Phi) is 8.78. The maximum absolute atomic E-state index is 13.3. The number of amides is 1. The number of likely N-dealkylation sites (tertiary alicyclic amines) is 1. The summed E-state index contributed by atoms with van der Waals surface area (Å²) in [5.41, 5.74) is 1.39. The van der Waals surface area contributed by atoms with Crippen molar-refractivity contribution in [2.45, 2.75) is 31.5 Å². The smallest absolute Gasteiger partial charge is 0.383 e. The highest BCUT2D eigenvalue weighted by molar-refractivity contribution is 6.35. The number of carbonyl (C=O) groups excluding carboxylic acids is 1. The first-order valence-corrected chi connectivity index (χ1v) is 12.4. The molecule has 0 aliphatic carbocycles. The zero-order valence-electron chi connectivity index (χ0n) is 20.3. The highest BCUT2D eigenvalue weighted by Gasteiger charge is 2.35. The third-order valence-electron chi connectivity index (χ3n) is 6.26. The van der Waals surface area contributed by atoms with Crippen LogP contribution in [0.15, 0.2) is 36.7 Å². The number of aromatic nitrogens is 3. The number of rotatable bonds is 9. The number of nitrogens with one attached hydrogen (secondary N) is 2. The molecule has 1 aromatic carbocycles. The molecule has 0 bridgehead atoms. The van der Waals surface area contributed by atoms with Crippen molar-refractivity contribution in [1.82, 2.24) is 25.2 Å². The second-order valence-electron chi connectivity index (χ2n) is 8.77. The summed E-state index contributed by atoms with van der Waals surface area (Å²) in [7, 11) is 1.61. The van der Waals surface area contributed by atoms with Crippen molar-refractivity contribution in [3.63, 3.8) is 0 Å². The van der Waals surface area contributed by atoms with Gasteiger partial charge in [0.05, 0.1) is 28.8 Å². The second kappa shape index (κ2) is 12.0. The predicted molar refractivity (Wildman–Crippen MR) is 135 cm³/mol. The van der Waals surface area contributed by atoms with E-state index in [0.717, 1.165) is 32.4 Å². The lowest BCUT2D eigenvalue weighted by atomic mass is 10.0. The van der Waals surface area contributed by atoms with Crippen LogP contribution in [0.5, 0.6) is 0 Å². The summed E-state index contributed by atoms with van der Waals surface area (Å²) >= 11 is 6.42. The van der Waals surface area contributed by atoms with E-state index in [0.29, 0.717) is 35.4 Å². The molecule has 3 aromatic rings. The number of alkyl halides is 3. The van der Waals surface area contributed by atoms with Gasteiger partial charge < -0.3 is 15.4 Å². The Morgan fingerprint density at radius 2 is 1.86 bits per heavy atom. The standard InChI is InChI=1S/C25H28ClF3N6O2/c1-37-12-9-30-21-8-5-17-19(34-21)7-6-18(26)22(17)23(36)31-15-20(35-10-3-2-4-11-35)16-13-32-24(33-14-16)25(27,28)29/h5-8,13-14,20H,2-4,9-12,15H2,1H3,(H,30,34)(H,31,36). The molecule has 0 radical (unpaired) electrons. The third-order valence-corrected chi connectivity index (χ3v) is 6.57. The Bertz CT molecular complexity index is 1220. The van der Waals surface area contributed by atoms with Gasteiger partial charge in [0.1, 0.15) is 5.82 Å². The van der Waals surface area contributed by atoms with Crippen molar-refractivity contribution >= 4 is 34.2 Å². The summed E-state index contributed by atoms with van der Waals surface area (Å²) < 4.78 is 43.9.